The first-order valence-corrected chi connectivity index (χ1v) is 10.1. The van der Waals surface area contributed by atoms with Crippen LogP contribution in [0.25, 0.3) is 0 Å². The normalized spacial score (nSPS) is 15.8. The van der Waals surface area contributed by atoms with E-state index in [0.29, 0.717) is 10.2 Å². The Balaban J connectivity index is 3.01. The zero-order chi connectivity index (χ0) is 9.40. The third-order valence-electron chi connectivity index (χ3n) is 0.678. The minimum absolute atomic E-state index is 0.681. The Morgan fingerprint density at radius 2 is 1.58 bits per heavy atom. The van der Waals surface area contributed by atoms with Crippen molar-refractivity contribution < 1.29 is 8.42 Å². The van der Waals surface area contributed by atoms with Crippen LogP contribution in [-0.4, -0.2) is 36.2 Å². The van der Waals surface area contributed by atoms with E-state index in [1.165, 1.54) is 0 Å². The van der Waals surface area contributed by atoms with Gasteiger partial charge in [-0.2, -0.15) is 0 Å². The highest BCUT2D eigenvalue weighted by Crippen LogP contribution is 2.26. The lowest BCUT2D eigenvalue weighted by molar-refractivity contribution is 0.688. The molecule has 0 aromatic rings. The maximum Gasteiger partial charge on any atom is 0.0793 e. The van der Waals surface area contributed by atoms with E-state index < -0.39 is 21.6 Å². The molecule has 0 heterocycles. The quantitative estimate of drug-likeness (QED) is 0.397. The highest BCUT2D eigenvalue weighted by Gasteiger charge is 1.95. The van der Waals surface area contributed by atoms with Gasteiger partial charge >= 0.3 is 0 Å². The molecule has 0 aliphatic rings. The molecule has 0 aromatic carbocycles. The first kappa shape index (κ1) is 13.4. The van der Waals surface area contributed by atoms with E-state index in [0.717, 1.165) is 5.08 Å². The second-order valence-corrected chi connectivity index (χ2v) is 9.35. The van der Waals surface area contributed by atoms with Crippen molar-refractivity contribution in [2.24, 2.45) is 0 Å². The summed E-state index contributed by atoms with van der Waals surface area (Å²) in [6, 6.07) is 0. The van der Waals surface area contributed by atoms with Gasteiger partial charge in [-0.05, 0) is 0 Å². The van der Waals surface area contributed by atoms with Crippen molar-refractivity contribution in [3.63, 3.8) is 0 Å². The smallest absolute Gasteiger partial charge is 0.0793 e. The first-order valence-electron chi connectivity index (χ1n) is 3.05. The Morgan fingerprint density at radius 3 is 2.08 bits per heavy atom. The van der Waals surface area contributed by atoms with Gasteiger partial charge in [-0.1, -0.05) is 21.6 Å². The Morgan fingerprint density at radius 1 is 1.00 bits per heavy atom. The standard InChI is InChI=1S/C5H12O2S5/c1-11(6)4-8-3-9-10-5-12(2)7/h3-5H2,1-2H3/t11-,12-/m1/s1. The molecule has 0 rings (SSSR count). The monoisotopic (exact) mass is 264 g/mol. The summed E-state index contributed by atoms with van der Waals surface area (Å²) in [5.41, 5.74) is 0. The van der Waals surface area contributed by atoms with Gasteiger partial charge < -0.3 is 0 Å². The predicted octanol–water partition coefficient (Wildman–Crippen LogP) is 1.73. The van der Waals surface area contributed by atoms with E-state index in [-0.39, 0.29) is 0 Å². The minimum Gasteiger partial charge on any atom is -0.259 e. The molecule has 0 saturated carbocycles. The molecule has 0 unspecified atom stereocenters. The van der Waals surface area contributed by atoms with Gasteiger partial charge in [-0.3, -0.25) is 8.42 Å². The van der Waals surface area contributed by atoms with Gasteiger partial charge in [0, 0.05) is 34.1 Å². The highest BCUT2D eigenvalue weighted by molar-refractivity contribution is 8.79. The van der Waals surface area contributed by atoms with Crippen molar-refractivity contribution in [2.45, 2.75) is 0 Å². The van der Waals surface area contributed by atoms with Gasteiger partial charge in [0.05, 0.1) is 15.3 Å². The largest absolute Gasteiger partial charge is 0.259 e. The third-order valence-corrected chi connectivity index (χ3v) is 7.84. The molecule has 0 fully saturated rings. The molecular weight excluding hydrogens is 252 g/mol. The van der Waals surface area contributed by atoms with Crippen LogP contribution in [0.4, 0.5) is 0 Å². The highest BCUT2D eigenvalue weighted by atomic mass is 33.1. The summed E-state index contributed by atoms with van der Waals surface area (Å²) in [6.45, 7) is 0. The van der Waals surface area contributed by atoms with Crippen LogP contribution in [0.5, 0.6) is 0 Å². The fraction of sp³-hybridized carbons (Fsp3) is 1.00. The van der Waals surface area contributed by atoms with Gasteiger partial charge in [0.25, 0.3) is 0 Å². The predicted molar refractivity (Wildman–Crippen MR) is 65.5 cm³/mol. The van der Waals surface area contributed by atoms with Crippen LogP contribution in [0, 0.1) is 0 Å². The molecule has 0 N–H and O–H groups in total. The fourth-order valence-electron chi connectivity index (χ4n) is 0.321. The summed E-state index contributed by atoms with van der Waals surface area (Å²) in [7, 11) is 1.88. The fourth-order valence-corrected chi connectivity index (χ4v) is 6.56. The van der Waals surface area contributed by atoms with E-state index >= 15 is 0 Å². The zero-order valence-corrected chi connectivity index (χ0v) is 11.1. The van der Waals surface area contributed by atoms with Gasteiger partial charge in [0.2, 0.25) is 0 Å². The summed E-state index contributed by atoms with van der Waals surface area (Å²) in [4.78, 5) is 0. The molecule has 74 valence electrons. The summed E-state index contributed by atoms with van der Waals surface area (Å²) >= 11 is 1.66. The van der Waals surface area contributed by atoms with Crippen LogP contribution in [-0.2, 0) is 21.6 Å². The molecule has 0 aliphatic heterocycles. The van der Waals surface area contributed by atoms with Crippen molar-refractivity contribution >= 4 is 54.9 Å². The second-order valence-electron chi connectivity index (χ2n) is 1.94. The first-order chi connectivity index (χ1) is 5.63. The minimum atomic E-state index is -0.707. The molecular formula is C5H12O2S5. The van der Waals surface area contributed by atoms with Crippen LogP contribution in [0.1, 0.15) is 0 Å². The lowest BCUT2D eigenvalue weighted by Gasteiger charge is -1.97. The maximum absolute atomic E-state index is 10.6. The molecule has 0 spiro atoms. The van der Waals surface area contributed by atoms with Crippen molar-refractivity contribution in [1.82, 2.24) is 0 Å². The van der Waals surface area contributed by atoms with Crippen LogP contribution in [0.15, 0.2) is 0 Å². The van der Waals surface area contributed by atoms with Crippen LogP contribution < -0.4 is 0 Å². The van der Waals surface area contributed by atoms with Crippen molar-refractivity contribution in [3.8, 4) is 0 Å². The van der Waals surface area contributed by atoms with Gasteiger partial charge in [-0.15, -0.1) is 11.8 Å². The molecule has 0 radical (unpaired) electrons. The summed E-state index contributed by atoms with van der Waals surface area (Å²) in [5.74, 6) is 0. The van der Waals surface area contributed by atoms with E-state index in [4.69, 9.17) is 0 Å². The van der Waals surface area contributed by atoms with Crippen molar-refractivity contribution in [2.75, 3.05) is 27.8 Å². The Bertz CT molecular complexity index is 142. The average Bonchev–Trinajstić information content (AvgIpc) is 1.95. The third kappa shape index (κ3) is 11.4. The topological polar surface area (TPSA) is 34.1 Å². The summed E-state index contributed by atoms with van der Waals surface area (Å²) < 4.78 is 21.2. The molecule has 0 bridgehead atoms. The molecule has 12 heavy (non-hydrogen) atoms. The van der Waals surface area contributed by atoms with E-state index in [2.05, 4.69) is 0 Å². The molecule has 7 heteroatoms. The average molecular weight is 264 g/mol. The SMILES string of the molecule is C[S@@](=O)CSCSSC[S@@](C)=O. The lowest BCUT2D eigenvalue weighted by atomic mass is 11.9. The van der Waals surface area contributed by atoms with Crippen LogP contribution in [0.3, 0.4) is 0 Å². The second kappa shape index (κ2) is 8.93. The molecule has 0 aromatic heterocycles. The van der Waals surface area contributed by atoms with Gasteiger partial charge in [0.15, 0.2) is 0 Å². The summed E-state index contributed by atoms with van der Waals surface area (Å²) in [6.07, 6.45) is 3.40. The molecule has 0 aliphatic carbocycles. The molecule has 0 amide bonds. The number of thioether (sulfide) groups is 1. The van der Waals surface area contributed by atoms with E-state index in [1.54, 1.807) is 45.9 Å². The number of rotatable bonds is 7. The zero-order valence-electron chi connectivity index (χ0n) is 6.98. The van der Waals surface area contributed by atoms with Crippen molar-refractivity contribution in [3.05, 3.63) is 0 Å². The van der Waals surface area contributed by atoms with Gasteiger partial charge in [-0.25, -0.2) is 0 Å². The Hall–Kier alpha value is 1.35. The van der Waals surface area contributed by atoms with Gasteiger partial charge in [0.1, 0.15) is 0 Å². The number of hydrogen-bond donors (Lipinski definition) is 0. The Labute approximate surface area is 90.7 Å². The van der Waals surface area contributed by atoms with Crippen molar-refractivity contribution in [1.29, 1.82) is 0 Å². The maximum atomic E-state index is 10.6. The van der Waals surface area contributed by atoms with E-state index in [1.807, 2.05) is 0 Å². The summed E-state index contributed by atoms with van der Waals surface area (Å²) in [5, 5.41) is 2.30. The molecule has 2 atom stereocenters. The number of hydrogen-bond acceptors (Lipinski definition) is 5. The molecule has 0 saturated heterocycles. The lowest BCUT2D eigenvalue weighted by Crippen LogP contribution is -1.88. The van der Waals surface area contributed by atoms with E-state index in [9.17, 15) is 8.42 Å². The molecule has 2 nitrogen and oxygen atoms in total. The van der Waals surface area contributed by atoms with Crippen LogP contribution >= 0.6 is 33.3 Å². The van der Waals surface area contributed by atoms with Crippen LogP contribution in [0.2, 0.25) is 0 Å². The Kier molecular flexibility index (Phi) is 9.93.